The van der Waals surface area contributed by atoms with Crippen LogP contribution in [0.25, 0.3) is 0 Å². The number of ether oxygens (including phenoxy) is 3. The van der Waals surface area contributed by atoms with Crippen LogP contribution >= 0.6 is 11.8 Å². The number of esters is 1. The highest BCUT2D eigenvalue weighted by Gasteiger charge is 2.31. The van der Waals surface area contributed by atoms with Crippen LogP contribution in [-0.2, 0) is 19.1 Å². The summed E-state index contributed by atoms with van der Waals surface area (Å²) in [6, 6.07) is 11.4. The number of carboxylic acids is 1. The van der Waals surface area contributed by atoms with Gasteiger partial charge in [-0.3, -0.25) is 19.2 Å². The summed E-state index contributed by atoms with van der Waals surface area (Å²) in [7, 11) is 0. The number of benzene rings is 4. The Hall–Kier alpha value is -7.02. The summed E-state index contributed by atoms with van der Waals surface area (Å²) in [6.07, 6.45) is 2.00. The number of nitrogens with one attached hydrogen (secondary N) is 5. The molecule has 0 bridgehead atoms. The van der Waals surface area contributed by atoms with Crippen molar-refractivity contribution in [1.82, 2.24) is 15.5 Å². The molecule has 6 N–H and O–H groups in total. The summed E-state index contributed by atoms with van der Waals surface area (Å²) >= 11 is 5.67. The van der Waals surface area contributed by atoms with Crippen LogP contribution in [0.15, 0.2) is 65.7 Å². The first kappa shape index (κ1) is 50.6. The van der Waals surface area contributed by atoms with E-state index in [-0.39, 0.29) is 84.5 Å². The predicted molar refractivity (Wildman–Crippen MR) is 229 cm³/mol. The molecule has 4 aromatic rings. The topological polar surface area (TPSA) is 223 Å². The van der Waals surface area contributed by atoms with Crippen molar-refractivity contribution in [2.24, 2.45) is 4.99 Å². The zero-order valence-electron chi connectivity index (χ0n) is 35.3. The molecule has 4 aromatic carbocycles. The number of carbonyl (C=O) groups is 5. The van der Waals surface area contributed by atoms with Gasteiger partial charge in [-0.2, -0.15) is 0 Å². The third-order valence-corrected chi connectivity index (χ3v) is 9.73. The number of amides is 4. The molecular weight excluding hydrogens is 884 g/mol. The average Bonchev–Trinajstić information content (AvgIpc) is 3.26. The second-order valence-corrected chi connectivity index (χ2v) is 14.3. The predicted octanol–water partition coefficient (Wildman–Crippen LogP) is 7.49. The molecule has 65 heavy (non-hydrogen) atoms. The van der Waals surface area contributed by atoms with Gasteiger partial charge in [0.15, 0.2) is 0 Å². The molecule has 21 heteroatoms. The van der Waals surface area contributed by atoms with Crippen molar-refractivity contribution >= 4 is 59.0 Å². The van der Waals surface area contributed by atoms with Gasteiger partial charge in [-0.15, -0.1) is 0 Å². The number of anilines is 2. The van der Waals surface area contributed by atoms with Gasteiger partial charge in [-0.25, -0.2) is 37.0 Å². The minimum atomic E-state index is -1.06. The Bertz CT molecular complexity index is 2440. The van der Waals surface area contributed by atoms with Gasteiger partial charge in [0.1, 0.15) is 34.8 Å². The number of nitrogens with zero attached hydrogens (tertiary/aromatic N) is 1. The number of urea groups is 1. The van der Waals surface area contributed by atoms with Gasteiger partial charge >= 0.3 is 18.0 Å². The van der Waals surface area contributed by atoms with E-state index >= 15 is 0 Å². The molecule has 0 aliphatic carbocycles. The summed E-state index contributed by atoms with van der Waals surface area (Å²) in [4.78, 5) is 73.6. The fraction of sp³-hybridized carbons (Fsp3) is 0.318. The number of aliphatic imine (C=N–C) groups is 1. The van der Waals surface area contributed by atoms with Crippen molar-refractivity contribution < 1.29 is 65.6 Å². The molecule has 0 aromatic heterocycles. The lowest BCUT2D eigenvalue weighted by Gasteiger charge is -2.28. The van der Waals surface area contributed by atoms with Crippen molar-refractivity contribution in [2.75, 3.05) is 43.5 Å². The lowest BCUT2D eigenvalue weighted by Crippen LogP contribution is -2.41. The van der Waals surface area contributed by atoms with E-state index in [0.29, 0.717) is 42.1 Å². The van der Waals surface area contributed by atoms with Gasteiger partial charge in [0, 0.05) is 36.3 Å². The first-order valence-corrected chi connectivity index (χ1v) is 20.3. The van der Waals surface area contributed by atoms with Crippen molar-refractivity contribution in [1.29, 1.82) is 0 Å². The van der Waals surface area contributed by atoms with Crippen molar-refractivity contribution in [3.8, 4) is 11.5 Å². The van der Waals surface area contributed by atoms with E-state index in [0.717, 1.165) is 6.07 Å². The number of aliphatic carboxylic acids is 1. The Balaban J connectivity index is 0.000000240. The largest absolute Gasteiger partial charge is 0.492 e. The third kappa shape index (κ3) is 14.5. The summed E-state index contributed by atoms with van der Waals surface area (Å²) in [5, 5.41) is 18.9. The molecule has 0 saturated carbocycles. The van der Waals surface area contributed by atoms with E-state index in [2.05, 4.69) is 35.8 Å². The molecule has 16 nitrogen and oxygen atoms in total. The van der Waals surface area contributed by atoms with E-state index in [1.807, 2.05) is 0 Å². The number of hydrogen-bond acceptors (Lipinski definition) is 11. The first-order chi connectivity index (χ1) is 31.1. The highest BCUT2D eigenvalue weighted by atomic mass is 35.5. The van der Waals surface area contributed by atoms with Gasteiger partial charge in [0.2, 0.25) is 6.08 Å². The lowest BCUT2D eigenvalue weighted by atomic mass is 9.96. The number of hydrogen-bond donors (Lipinski definition) is 6. The normalized spacial score (nSPS) is 14.3. The molecule has 0 saturated heterocycles. The maximum atomic E-state index is 14.6. The number of aryl methyl sites for hydroxylation is 2. The monoisotopic (exact) mass is 928 g/mol. The molecule has 2 atom stereocenters. The van der Waals surface area contributed by atoms with Crippen LogP contribution in [-0.4, -0.2) is 73.9 Å². The fourth-order valence-electron chi connectivity index (χ4n) is 6.33. The zero-order valence-corrected chi connectivity index (χ0v) is 36.0. The van der Waals surface area contributed by atoms with Crippen LogP contribution in [0.2, 0.25) is 0 Å². The molecule has 2 aliphatic heterocycles. The minimum Gasteiger partial charge on any atom is -0.492 e. The summed E-state index contributed by atoms with van der Waals surface area (Å²) in [6.45, 7) is 5.78. The number of carboxylic acid groups (broad SMARTS) is 1. The average molecular weight is 929 g/mol. The summed E-state index contributed by atoms with van der Waals surface area (Å²) in [5.41, 5.74) is 2.11. The highest BCUT2D eigenvalue weighted by Crippen LogP contribution is 2.39. The molecule has 346 valence electrons. The highest BCUT2D eigenvalue weighted by molar-refractivity contribution is 6.13. The van der Waals surface area contributed by atoms with Gasteiger partial charge in [-0.1, -0.05) is 0 Å². The van der Waals surface area contributed by atoms with Gasteiger partial charge in [-0.05, 0) is 104 Å². The van der Waals surface area contributed by atoms with Crippen molar-refractivity contribution in [3.05, 3.63) is 117 Å². The molecule has 0 radical (unpaired) electrons. The van der Waals surface area contributed by atoms with Crippen LogP contribution in [0.1, 0.15) is 87.7 Å². The zero-order chi connectivity index (χ0) is 47.6. The van der Waals surface area contributed by atoms with Crippen LogP contribution < -0.4 is 35.6 Å². The molecule has 0 unspecified atom stereocenters. The van der Waals surface area contributed by atoms with Gasteiger partial charge in [0.25, 0.3) is 11.8 Å². The molecule has 2 aliphatic rings. The minimum absolute atomic E-state index is 0.0124. The van der Waals surface area contributed by atoms with E-state index in [4.69, 9.17) is 26.4 Å². The molecule has 2 heterocycles. The second kappa shape index (κ2) is 24.7. The number of fused-ring (bicyclic) bond motifs is 2. The summed E-state index contributed by atoms with van der Waals surface area (Å²) in [5.74, 6) is -4.15. The molecular formula is C44H45ClF4N6O10. The van der Waals surface area contributed by atoms with Crippen molar-refractivity contribution in [3.63, 3.8) is 0 Å². The number of halogens is 5. The number of rotatable bonds is 13. The Labute approximate surface area is 375 Å². The van der Waals surface area contributed by atoms with Crippen LogP contribution in [0.5, 0.6) is 11.5 Å². The van der Waals surface area contributed by atoms with E-state index < -0.39 is 53.4 Å². The van der Waals surface area contributed by atoms with Gasteiger partial charge < -0.3 is 40.6 Å². The number of isocyanates is 1. The Morgan fingerprint density at radius 1 is 0.769 bits per heavy atom. The Morgan fingerprint density at radius 2 is 1.26 bits per heavy atom. The Kier molecular flexibility index (Phi) is 19.3. The number of carbonyl (C=O) groups excluding carboxylic acids is 5. The summed E-state index contributed by atoms with van der Waals surface area (Å²) < 4.78 is 71.1. The smallest absolute Gasteiger partial charge is 0.315 e. The second-order valence-electron chi connectivity index (χ2n) is 14.1. The molecule has 4 amide bonds. The fourth-order valence-corrected chi connectivity index (χ4v) is 6.55. The van der Waals surface area contributed by atoms with Crippen LogP contribution in [0.3, 0.4) is 0 Å². The van der Waals surface area contributed by atoms with E-state index in [9.17, 15) is 46.3 Å². The SMILES string of the molecule is CCOC(=O)CCN=C=O.Cc1cc(NC(=O)c2ccc(F)c3c2OCC[C@@H]3NC(=O)NCCC(=O)O)ccc1F.Cc1cc(NC(=O)c2ccc(F)c3c2OCC[C@@H]3NCl)ccc1F. The Morgan fingerprint density at radius 3 is 1.72 bits per heavy atom. The van der Waals surface area contributed by atoms with Crippen LogP contribution in [0.4, 0.5) is 33.7 Å². The standard InChI is InChI=1S/C21H21F2N3O5.C17H15ClF2N2O2.C6H9NO3/c1-11-10-12(2-4-14(11)22)25-20(29)13-3-5-15(23)18-16(7-9-31-19(13)18)26-21(30)24-8-6-17(27)28;1-9-8-10(2-4-12(9)19)21-17(23)11-3-5-13(20)15-14(22-18)6-7-24-16(11)15;1-2-10-6(9)3-4-7-5-8/h2-5,10,16H,6-9H2,1H3,(H,25,29)(H,27,28)(H2,24,26,30);2-5,8,14,22H,6-7H2,1H3,(H,21,23);2-4H2,1H3/t16-;14-;/m00./s1. The van der Waals surface area contributed by atoms with E-state index in [1.165, 1.54) is 60.7 Å². The van der Waals surface area contributed by atoms with Crippen LogP contribution in [0, 0.1) is 37.1 Å². The van der Waals surface area contributed by atoms with Gasteiger partial charge in [0.05, 0.1) is 68.0 Å². The van der Waals surface area contributed by atoms with E-state index in [1.54, 1.807) is 20.8 Å². The first-order valence-electron chi connectivity index (χ1n) is 19.9. The molecule has 6 rings (SSSR count). The molecule has 0 fully saturated rings. The quantitative estimate of drug-likeness (QED) is 0.0253. The van der Waals surface area contributed by atoms with Crippen molar-refractivity contribution in [2.45, 2.75) is 58.5 Å². The maximum absolute atomic E-state index is 14.6. The lowest BCUT2D eigenvalue weighted by molar-refractivity contribution is -0.143. The molecule has 0 spiro atoms. The third-order valence-electron chi connectivity index (χ3n) is 9.47. The maximum Gasteiger partial charge on any atom is 0.315 e.